The Balaban J connectivity index is 0.00000210. The SMILES string of the molecule is CC.COC(=O)c1cccc(OCCOc2ccc(S(=O)(=O)C3(C(=O)NO)CCOCC3)cc2)c1. The Morgan fingerprint density at radius 3 is 2.17 bits per heavy atom. The molecule has 2 N–H and O–H groups in total. The third kappa shape index (κ3) is 6.50. The summed E-state index contributed by atoms with van der Waals surface area (Å²) in [4.78, 5) is 23.8. The Bertz CT molecular complexity index is 1080. The van der Waals surface area contributed by atoms with E-state index in [1.807, 2.05) is 13.8 Å². The second-order valence-electron chi connectivity index (χ2n) is 7.24. The van der Waals surface area contributed by atoms with Gasteiger partial charge in [0, 0.05) is 13.2 Å². The van der Waals surface area contributed by atoms with E-state index < -0.39 is 26.5 Å². The Morgan fingerprint density at radius 1 is 1.00 bits per heavy atom. The van der Waals surface area contributed by atoms with Gasteiger partial charge < -0.3 is 18.9 Å². The van der Waals surface area contributed by atoms with Crippen LogP contribution in [0, 0.1) is 0 Å². The Kier molecular flexibility index (Phi) is 10.5. The molecule has 1 saturated heterocycles. The summed E-state index contributed by atoms with van der Waals surface area (Å²) in [5.41, 5.74) is 1.85. The summed E-state index contributed by atoms with van der Waals surface area (Å²) in [6.45, 7) is 4.54. The van der Waals surface area contributed by atoms with Gasteiger partial charge >= 0.3 is 5.97 Å². The van der Waals surface area contributed by atoms with E-state index in [0.29, 0.717) is 17.1 Å². The summed E-state index contributed by atoms with van der Waals surface area (Å²) in [7, 11) is -2.80. The van der Waals surface area contributed by atoms with E-state index in [9.17, 15) is 18.0 Å². The first-order valence-electron chi connectivity index (χ1n) is 11.1. The highest BCUT2D eigenvalue weighted by Crippen LogP contribution is 2.35. The largest absolute Gasteiger partial charge is 0.490 e. The van der Waals surface area contributed by atoms with Crippen LogP contribution in [0.4, 0.5) is 0 Å². The smallest absolute Gasteiger partial charge is 0.337 e. The molecule has 11 heteroatoms. The molecule has 2 aromatic carbocycles. The maximum Gasteiger partial charge on any atom is 0.337 e. The van der Waals surface area contributed by atoms with Gasteiger partial charge in [-0.3, -0.25) is 10.0 Å². The molecule has 0 atom stereocenters. The van der Waals surface area contributed by atoms with Crippen LogP contribution < -0.4 is 15.0 Å². The van der Waals surface area contributed by atoms with Gasteiger partial charge in [0.1, 0.15) is 24.7 Å². The van der Waals surface area contributed by atoms with Crippen LogP contribution in [-0.2, 0) is 24.1 Å². The molecule has 1 aliphatic rings. The number of carbonyl (C=O) groups excluding carboxylic acids is 2. The van der Waals surface area contributed by atoms with Crippen LogP contribution in [0.2, 0.25) is 0 Å². The molecule has 0 unspecified atom stereocenters. The molecule has 2 aromatic rings. The molecule has 35 heavy (non-hydrogen) atoms. The van der Waals surface area contributed by atoms with Crippen LogP contribution in [0.25, 0.3) is 0 Å². The third-order valence-corrected chi connectivity index (χ3v) is 7.86. The van der Waals surface area contributed by atoms with Crippen molar-refractivity contribution in [1.29, 1.82) is 0 Å². The number of ether oxygens (including phenoxy) is 4. The van der Waals surface area contributed by atoms with Crippen LogP contribution in [0.5, 0.6) is 11.5 Å². The zero-order valence-corrected chi connectivity index (χ0v) is 20.8. The monoisotopic (exact) mass is 509 g/mol. The average Bonchev–Trinajstić information content (AvgIpc) is 2.92. The van der Waals surface area contributed by atoms with Crippen LogP contribution >= 0.6 is 0 Å². The number of hydrogen-bond donors (Lipinski definition) is 2. The molecule has 0 saturated carbocycles. The first-order valence-corrected chi connectivity index (χ1v) is 12.6. The lowest BCUT2D eigenvalue weighted by Crippen LogP contribution is -2.54. The molecule has 0 aromatic heterocycles. The fourth-order valence-corrected chi connectivity index (χ4v) is 5.45. The fraction of sp³-hybridized carbons (Fsp3) is 0.417. The van der Waals surface area contributed by atoms with Gasteiger partial charge in [-0.2, -0.15) is 0 Å². The van der Waals surface area contributed by atoms with Crippen molar-refractivity contribution in [2.24, 2.45) is 0 Å². The van der Waals surface area contributed by atoms with Crippen LogP contribution in [0.3, 0.4) is 0 Å². The van der Waals surface area contributed by atoms with Crippen molar-refractivity contribution in [3.63, 3.8) is 0 Å². The van der Waals surface area contributed by atoms with Crippen LogP contribution in [-0.4, -0.2) is 63.8 Å². The van der Waals surface area contributed by atoms with Gasteiger partial charge in [0.05, 0.1) is 17.6 Å². The highest BCUT2D eigenvalue weighted by molar-refractivity contribution is 7.93. The van der Waals surface area contributed by atoms with Crippen molar-refractivity contribution in [2.45, 2.75) is 36.3 Å². The lowest BCUT2D eigenvalue weighted by Gasteiger charge is -2.34. The number of carbonyl (C=O) groups is 2. The van der Waals surface area contributed by atoms with Crippen molar-refractivity contribution < 1.29 is 42.2 Å². The van der Waals surface area contributed by atoms with E-state index in [4.69, 9.17) is 19.4 Å². The number of sulfone groups is 1. The lowest BCUT2D eigenvalue weighted by molar-refractivity contribution is -0.134. The summed E-state index contributed by atoms with van der Waals surface area (Å²) < 4.78 is 45.6. The standard InChI is InChI=1S/C22H25NO9S.C2H6/c1-29-20(24)16-3-2-4-18(15-16)32-14-13-31-17-5-7-19(8-6-17)33(27,28)22(21(25)23-26)9-11-30-12-10-22;1-2/h2-8,15,26H,9-14H2,1H3,(H,23,25);1-2H3. The van der Waals surface area contributed by atoms with E-state index in [-0.39, 0.29) is 44.2 Å². The molecule has 3 rings (SSSR count). The molecule has 1 fully saturated rings. The molecular weight excluding hydrogens is 478 g/mol. The first-order chi connectivity index (χ1) is 16.8. The summed E-state index contributed by atoms with van der Waals surface area (Å²) in [5, 5.41) is 9.10. The topological polar surface area (TPSA) is 137 Å². The number of hydroxylamine groups is 1. The third-order valence-electron chi connectivity index (χ3n) is 5.34. The predicted molar refractivity (Wildman–Crippen MR) is 126 cm³/mol. The number of rotatable bonds is 9. The fourth-order valence-electron chi connectivity index (χ4n) is 3.51. The second-order valence-corrected chi connectivity index (χ2v) is 9.50. The van der Waals surface area contributed by atoms with Gasteiger partial charge in [-0.05, 0) is 55.3 Å². The zero-order chi connectivity index (χ0) is 25.9. The van der Waals surface area contributed by atoms with Crippen LogP contribution in [0.15, 0.2) is 53.4 Å². The number of esters is 1. The Labute approximate surface area is 205 Å². The Morgan fingerprint density at radius 2 is 1.60 bits per heavy atom. The minimum atomic E-state index is -4.10. The van der Waals surface area contributed by atoms with Crippen molar-refractivity contribution in [3.05, 3.63) is 54.1 Å². The molecule has 0 bridgehead atoms. The summed E-state index contributed by atoms with van der Waals surface area (Å²) >= 11 is 0. The van der Waals surface area contributed by atoms with E-state index >= 15 is 0 Å². The molecule has 1 amide bonds. The van der Waals surface area contributed by atoms with E-state index in [0.717, 1.165) is 0 Å². The normalized spacial score (nSPS) is 14.6. The van der Waals surface area contributed by atoms with E-state index in [1.165, 1.54) is 36.9 Å². The van der Waals surface area contributed by atoms with Crippen LogP contribution in [0.1, 0.15) is 37.0 Å². The minimum absolute atomic E-state index is 0.0591. The van der Waals surface area contributed by atoms with Gasteiger partial charge in [-0.15, -0.1) is 0 Å². The highest BCUT2D eigenvalue weighted by atomic mass is 32.2. The zero-order valence-electron chi connectivity index (χ0n) is 20.0. The predicted octanol–water partition coefficient (Wildman–Crippen LogP) is 2.79. The molecule has 10 nitrogen and oxygen atoms in total. The molecule has 1 heterocycles. The summed E-state index contributed by atoms with van der Waals surface area (Å²) in [6, 6.07) is 12.2. The molecule has 1 aliphatic heterocycles. The number of hydrogen-bond acceptors (Lipinski definition) is 9. The maximum absolute atomic E-state index is 13.2. The quantitative estimate of drug-likeness (QED) is 0.226. The minimum Gasteiger partial charge on any atom is -0.490 e. The number of nitrogens with one attached hydrogen (secondary N) is 1. The number of methoxy groups -OCH3 is 1. The van der Waals surface area contributed by atoms with Crippen molar-refractivity contribution >= 4 is 21.7 Å². The lowest BCUT2D eigenvalue weighted by atomic mass is 9.98. The highest BCUT2D eigenvalue weighted by Gasteiger charge is 2.52. The molecule has 0 aliphatic carbocycles. The maximum atomic E-state index is 13.2. The van der Waals surface area contributed by atoms with Crippen molar-refractivity contribution in [1.82, 2.24) is 5.48 Å². The summed E-state index contributed by atoms with van der Waals surface area (Å²) in [5.74, 6) is -0.550. The van der Waals surface area contributed by atoms with Gasteiger partial charge in [0.25, 0.3) is 5.91 Å². The molecule has 192 valence electrons. The van der Waals surface area contributed by atoms with E-state index in [2.05, 4.69) is 4.74 Å². The summed E-state index contributed by atoms with van der Waals surface area (Å²) in [6.07, 6.45) is -0.122. The first kappa shape index (κ1) is 28.1. The van der Waals surface area contributed by atoms with Crippen molar-refractivity contribution in [2.75, 3.05) is 33.5 Å². The van der Waals surface area contributed by atoms with Crippen molar-refractivity contribution in [3.8, 4) is 11.5 Å². The van der Waals surface area contributed by atoms with E-state index in [1.54, 1.807) is 24.3 Å². The van der Waals surface area contributed by atoms with Gasteiger partial charge in [0.15, 0.2) is 14.6 Å². The molecular formula is C24H31NO9S. The second kappa shape index (κ2) is 13.1. The van der Waals surface area contributed by atoms with Gasteiger partial charge in [-0.1, -0.05) is 19.9 Å². The van der Waals surface area contributed by atoms with Gasteiger partial charge in [-0.25, -0.2) is 18.7 Å². The average molecular weight is 510 g/mol. The molecule has 0 radical (unpaired) electrons. The van der Waals surface area contributed by atoms with Gasteiger partial charge in [0.2, 0.25) is 0 Å². The number of benzene rings is 2. The molecule has 0 spiro atoms. The Hall–Kier alpha value is -3.15. The number of amides is 1.